The molecular formula is C19H25ClN2O. The van der Waals surface area contributed by atoms with E-state index in [0.717, 1.165) is 5.52 Å². The van der Waals surface area contributed by atoms with Gasteiger partial charge in [0.15, 0.2) is 0 Å². The van der Waals surface area contributed by atoms with Crippen LogP contribution in [0.4, 0.5) is 0 Å². The number of piperidine rings is 1. The molecule has 124 valence electrons. The number of aromatic nitrogens is 1. The molecule has 2 aliphatic rings. The highest BCUT2D eigenvalue weighted by molar-refractivity contribution is 5.94. The lowest BCUT2D eigenvalue weighted by atomic mass is 9.88. The Morgan fingerprint density at radius 2 is 1.83 bits per heavy atom. The number of halogens is 1. The molecule has 0 saturated carbocycles. The molecule has 2 saturated heterocycles. The van der Waals surface area contributed by atoms with E-state index in [9.17, 15) is 4.79 Å². The number of benzene rings is 1. The van der Waals surface area contributed by atoms with Gasteiger partial charge < -0.3 is 4.90 Å². The molecule has 2 fully saturated rings. The Labute approximate surface area is 144 Å². The average molecular weight is 333 g/mol. The number of fused-ring (bicyclic) bond motifs is 3. The Bertz CT molecular complexity index is 709. The van der Waals surface area contributed by atoms with Crippen molar-refractivity contribution in [3.63, 3.8) is 0 Å². The summed E-state index contributed by atoms with van der Waals surface area (Å²) in [4.78, 5) is 15.3. The Hall–Kier alpha value is -1.32. The lowest BCUT2D eigenvalue weighted by Gasteiger charge is -2.36. The molecule has 2 aliphatic heterocycles. The van der Waals surface area contributed by atoms with Gasteiger partial charge in [-0.15, -0.1) is 12.4 Å². The van der Waals surface area contributed by atoms with E-state index in [4.69, 9.17) is 0 Å². The van der Waals surface area contributed by atoms with Crippen LogP contribution in [-0.2, 0) is 0 Å². The monoisotopic (exact) mass is 332 g/mol. The first kappa shape index (κ1) is 16.5. The summed E-state index contributed by atoms with van der Waals surface area (Å²) in [5.74, 6) is 0.820. The van der Waals surface area contributed by atoms with Gasteiger partial charge in [-0.05, 0) is 57.2 Å². The summed E-state index contributed by atoms with van der Waals surface area (Å²) in [6, 6.07) is 9.63. The fourth-order valence-electron chi connectivity index (χ4n) is 4.59. The van der Waals surface area contributed by atoms with Crippen molar-refractivity contribution in [1.29, 1.82) is 0 Å². The van der Waals surface area contributed by atoms with Crippen LogP contribution in [0.5, 0.6) is 0 Å². The maximum Gasteiger partial charge on any atom is 0.231 e. The molecule has 3 heterocycles. The second kappa shape index (κ2) is 6.29. The highest BCUT2D eigenvalue weighted by Crippen LogP contribution is 2.39. The van der Waals surface area contributed by atoms with Gasteiger partial charge in [-0.2, -0.15) is 0 Å². The van der Waals surface area contributed by atoms with E-state index in [-0.39, 0.29) is 18.3 Å². The Morgan fingerprint density at radius 3 is 2.52 bits per heavy atom. The molecule has 0 aliphatic carbocycles. The summed E-state index contributed by atoms with van der Waals surface area (Å²) in [7, 11) is 2.25. The fourth-order valence-corrected chi connectivity index (χ4v) is 4.59. The smallest absolute Gasteiger partial charge is 0.231 e. The minimum atomic E-state index is 0. The van der Waals surface area contributed by atoms with Crippen molar-refractivity contribution in [1.82, 2.24) is 9.47 Å². The number of hydrogen-bond donors (Lipinski definition) is 0. The number of para-hydroxylation sites is 1. The van der Waals surface area contributed by atoms with Crippen LogP contribution >= 0.6 is 12.4 Å². The first-order valence-corrected chi connectivity index (χ1v) is 8.45. The molecule has 1 aromatic heterocycles. The van der Waals surface area contributed by atoms with Crippen LogP contribution in [-0.4, -0.2) is 34.5 Å². The SMILES string of the molecule is Cc1cn(C(=O)CC2CC3CCC(C2)N3C)c2ccccc12.Cl. The topological polar surface area (TPSA) is 25.2 Å². The number of aryl methyl sites for hydroxylation is 1. The average Bonchev–Trinajstić information content (AvgIpc) is 2.93. The minimum Gasteiger partial charge on any atom is -0.300 e. The predicted molar refractivity (Wildman–Crippen MR) is 96.5 cm³/mol. The van der Waals surface area contributed by atoms with Gasteiger partial charge in [-0.1, -0.05) is 18.2 Å². The van der Waals surface area contributed by atoms with Crippen molar-refractivity contribution in [3.05, 3.63) is 36.0 Å². The second-order valence-corrected chi connectivity index (χ2v) is 7.19. The minimum absolute atomic E-state index is 0. The number of hydrogen-bond acceptors (Lipinski definition) is 2. The van der Waals surface area contributed by atoms with Crippen LogP contribution < -0.4 is 0 Å². The van der Waals surface area contributed by atoms with Gasteiger partial charge in [0.05, 0.1) is 5.52 Å². The Kier molecular flexibility index (Phi) is 4.52. The van der Waals surface area contributed by atoms with E-state index < -0.39 is 0 Å². The van der Waals surface area contributed by atoms with Crippen molar-refractivity contribution in [2.45, 2.75) is 51.1 Å². The molecule has 2 atom stereocenters. The lowest BCUT2D eigenvalue weighted by Crippen LogP contribution is -2.40. The first-order valence-electron chi connectivity index (χ1n) is 8.45. The van der Waals surface area contributed by atoms with E-state index in [0.29, 0.717) is 24.4 Å². The summed E-state index contributed by atoms with van der Waals surface area (Å²) >= 11 is 0. The Morgan fingerprint density at radius 1 is 1.17 bits per heavy atom. The quantitative estimate of drug-likeness (QED) is 0.820. The van der Waals surface area contributed by atoms with Crippen LogP contribution in [0, 0.1) is 12.8 Å². The molecule has 4 rings (SSSR count). The maximum atomic E-state index is 12.8. The van der Waals surface area contributed by atoms with Crippen LogP contribution in [0.25, 0.3) is 10.9 Å². The van der Waals surface area contributed by atoms with Crippen molar-refractivity contribution in [2.24, 2.45) is 5.92 Å². The molecule has 1 aromatic carbocycles. The lowest BCUT2D eigenvalue weighted by molar-refractivity contribution is 0.0811. The van der Waals surface area contributed by atoms with Crippen LogP contribution in [0.2, 0.25) is 0 Å². The summed E-state index contributed by atoms with van der Waals surface area (Å²) in [6.07, 6.45) is 7.72. The van der Waals surface area contributed by atoms with Crippen molar-refractivity contribution >= 4 is 29.2 Å². The van der Waals surface area contributed by atoms with Crippen molar-refractivity contribution in [2.75, 3.05) is 7.05 Å². The number of rotatable bonds is 2. The molecule has 0 radical (unpaired) electrons. The van der Waals surface area contributed by atoms with E-state index in [1.165, 1.54) is 36.6 Å². The van der Waals surface area contributed by atoms with Crippen LogP contribution in [0.1, 0.15) is 42.5 Å². The van der Waals surface area contributed by atoms with Crippen molar-refractivity contribution in [3.8, 4) is 0 Å². The molecule has 23 heavy (non-hydrogen) atoms. The third-order valence-electron chi connectivity index (χ3n) is 5.84. The molecule has 2 unspecified atom stereocenters. The number of nitrogens with zero attached hydrogens (tertiary/aromatic N) is 2. The zero-order valence-electron chi connectivity index (χ0n) is 13.9. The van der Waals surface area contributed by atoms with Gasteiger partial charge in [0.25, 0.3) is 0 Å². The van der Waals surface area contributed by atoms with Gasteiger partial charge in [0.2, 0.25) is 5.91 Å². The normalized spacial score (nSPS) is 27.1. The largest absolute Gasteiger partial charge is 0.300 e. The molecule has 0 amide bonds. The molecule has 4 heteroatoms. The molecule has 3 nitrogen and oxygen atoms in total. The molecule has 0 N–H and O–H groups in total. The van der Waals surface area contributed by atoms with Crippen molar-refractivity contribution < 1.29 is 4.79 Å². The molecular weight excluding hydrogens is 308 g/mol. The van der Waals surface area contributed by atoms with E-state index >= 15 is 0 Å². The van der Waals surface area contributed by atoms with Crippen LogP contribution in [0.3, 0.4) is 0 Å². The number of carbonyl (C=O) groups is 1. The van der Waals surface area contributed by atoms with Gasteiger partial charge in [0, 0.05) is 30.1 Å². The third kappa shape index (κ3) is 2.81. The zero-order valence-corrected chi connectivity index (χ0v) is 14.7. The van der Waals surface area contributed by atoms with Gasteiger partial charge >= 0.3 is 0 Å². The fraction of sp³-hybridized carbons (Fsp3) is 0.526. The summed E-state index contributed by atoms with van der Waals surface area (Å²) in [5, 5.41) is 1.19. The highest BCUT2D eigenvalue weighted by Gasteiger charge is 2.38. The Balaban J connectivity index is 0.00000156. The van der Waals surface area contributed by atoms with Gasteiger partial charge in [-0.25, -0.2) is 0 Å². The van der Waals surface area contributed by atoms with Crippen LogP contribution in [0.15, 0.2) is 30.5 Å². The maximum absolute atomic E-state index is 12.8. The number of carbonyl (C=O) groups excluding carboxylic acids is 1. The third-order valence-corrected chi connectivity index (χ3v) is 5.84. The van der Waals surface area contributed by atoms with Gasteiger partial charge in [0.1, 0.15) is 0 Å². The van der Waals surface area contributed by atoms with E-state index in [1.807, 2.05) is 22.9 Å². The van der Waals surface area contributed by atoms with E-state index in [1.54, 1.807) is 0 Å². The van der Waals surface area contributed by atoms with E-state index in [2.05, 4.69) is 31.0 Å². The summed E-state index contributed by atoms with van der Waals surface area (Å²) < 4.78 is 1.88. The molecule has 2 bridgehead atoms. The van der Waals surface area contributed by atoms with Gasteiger partial charge in [-0.3, -0.25) is 9.36 Å². The first-order chi connectivity index (χ1) is 10.6. The molecule has 0 spiro atoms. The summed E-state index contributed by atoms with van der Waals surface area (Å²) in [5.41, 5.74) is 2.24. The standard InChI is InChI=1S/C19H24N2O.ClH/c1-13-12-21(18-6-4-3-5-17(13)18)19(22)11-14-9-15-7-8-16(10-14)20(15)2;/h3-6,12,14-16H,7-11H2,1-2H3;1H. The highest BCUT2D eigenvalue weighted by atomic mass is 35.5. The summed E-state index contributed by atoms with van der Waals surface area (Å²) in [6.45, 7) is 2.09. The second-order valence-electron chi connectivity index (χ2n) is 7.19. The molecule has 2 aromatic rings. The zero-order chi connectivity index (χ0) is 15.3. The predicted octanol–water partition coefficient (Wildman–Crippen LogP) is 4.27.